The molecule has 0 saturated carbocycles. The molecule has 0 radical (unpaired) electrons. The lowest BCUT2D eigenvalue weighted by molar-refractivity contribution is 0.501. The van der Waals surface area contributed by atoms with Crippen LogP contribution in [0.4, 0.5) is 0 Å². The van der Waals surface area contributed by atoms with Gasteiger partial charge in [-0.1, -0.05) is 169 Å². The van der Waals surface area contributed by atoms with Crippen molar-refractivity contribution in [3.63, 3.8) is 0 Å². The van der Waals surface area contributed by atoms with Gasteiger partial charge in [-0.2, -0.15) is 0 Å². The predicted molar refractivity (Wildman–Crippen MR) is 250 cm³/mol. The Kier molecular flexibility index (Phi) is 9.83. The summed E-state index contributed by atoms with van der Waals surface area (Å²) in [4.78, 5) is 0. The van der Waals surface area contributed by atoms with Crippen molar-refractivity contribution in [2.45, 2.75) is 0 Å². The van der Waals surface area contributed by atoms with Gasteiger partial charge in [-0.25, -0.2) is 0 Å². The molecule has 2 aliphatic rings. The molecular formula is C52H34Cl2O4P2. The first-order valence-corrected chi connectivity index (χ1v) is 23.4. The minimum absolute atomic E-state index is 0.556. The summed E-state index contributed by atoms with van der Waals surface area (Å²) in [5, 5.41) is 3.54. The van der Waals surface area contributed by atoms with Crippen LogP contribution < -0.4 is 19.7 Å². The largest absolute Gasteiger partial charge is 0.436 e. The maximum atomic E-state index is 15.4. The van der Waals surface area contributed by atoms with E-state index in [2.05, 4.69) is 24.3 Å². The molecule has 0 bridgehead atoms. The van der Waals surface area contributed by atoms with Crippen LogP contribution in [0.5, 0.6) is 11.5 Å². The van der Waals surface area contributed by atoms with Crippen molar-refractivity contribution in [2.24, 2.45) is 0 Å². The van der Waals surface area contributed by atoms with E-state index in [-0.39, 0.29) is 0 Å². The highest BCUT2D eigenvalue weighted by Gasteiger charge is 2.41. The second kappa shape index (κ2) is 15.5. The average Bonchev–Trinajstić information content (AvgIpc) is 3.28. The second-order valence-electron chi connectivity index (χ2n) is 14.6. The zero-order valence-corrected chi connectivity index (χ0v) is 35.2. The van der Waals surface area contributed by atoms with Gasteiger partial charge in [0.2, 0.25) is 0 Å². The Morgan fingerprint density at radius 2 is 0.767 bits per heavy atom. The highest BCUT2D eigenvalue weighted by atomic mass is 35.5. The molecule has 0 fully saturated rings. The van der Waals surface area contributed by atoms with Crippen LogP contribution in [0, 0.1) is 0 Å². The van der Waals surface area contributed by atoms with E-state index in [1.807, 2.05) is 170 Å². The van der Waals surface area contributed by atoms with Crippen LogP contribution in [0.15, 0.2) is 194 Å². The monoisotopic (exact) mass is 854 g/mol. The lowest BCUT2D eigenvalue weighted by atomic mass is 10.0. The number of rotatable bonds is 7. The van der Waals surface area contributed by atoms with Gasteiger partial charge in [0.15, 0.2) is 0 Å². The maximum Gasteiger partial charge on any atom is 0.308 e. The summed E-state index contributed by atoms with van der Waals surface area (Å²) in [7, 11) is -7.30. The molecule has 0 saturated heterocycles. The Morgan fingerprint density at radius 3 is 1.17 bits per heavy atom. The Labute approximate surface area is 358 Å². The molecule has 10 rings (SSSR count). The summed E-state index contributed by atoms with van der Waals surface area (Å²) in [5.41, 5.74) is 8.69. The van der Waals surface area contributed by atoms with Gasteiger partial charge in [-0.15, -0.1) is 0 Å². The molecule has 0 aliphatic carbocycles. The third-order valence-electron chi connectivity index (χ3n) is 10.9. The van der Waals surface area contributed by atoms with Gasteiger partial charge in [-0.05, 0) is 94.1 Å². The van der Waals surface area contributed by atoms with Gasteiger partial charge in [0.1, 0.15) is 11.5 Å². The van der Waals surface area contributed by atoms with Crippen LogP contribution in [0.1, 0.15) is 22.3 Å². The van der Waals surface area contributed by atoms with Crippen LogP contribution in [-0.4, -0.2) is 0 Å². The molecule has 2 unspecified atom stereocenters. The Balaban J connectivity index is 1.00. The molecule has 0 N–H and O–H groups in total. The highest BCUT2D eigenvalue weighted by molar-refractivity contribution is 7.78. The highest BCUT2D eigenvalue weighted by Crippen LogP contribution is 2.65. The Morgan fingerprint density at radius 1 is 0.400 bits per heavy atom. The summed E-state index contributed by atoms with van der Waals surface area (Å²) in [5.74, 6) is 1.11. The van der Waals surface area contributed by atoms with Crippen LogP contribution in [0.3, 0.4) is 0 Å². The van der Waals surface area contributed by atoms with Gasteiger partial charge in [-0.3, -0.25) is 9.13 Å². The van der Waals surface area contributed by atoms with Crippen molar-refractivity contribution in [2.75, 3.05) is 0 Å². The number of fused-ring (bicyclic) bond motifs is 6. The standard InChI is InChI=1S/C52H34Cl2O4P2/c53-41-27-29-49-45(33-41)43-15-7-9-17-47(43)57-59(49,55)51(39-11-3-1-4-12-39)31-35-19-23-37(24-20-35)38-25-21-36(22-26-38)32-52(40-13-5-2-6-14-40)60(56)50-30-28-42(54)34-46(50)44-16-8-10-18-48(44)58-60/h1-34H/b51-31+,52-32+. The first kappa shape index (κ1) is 38.1. The molecule has 2 atom stereocenters. The van der Waals surface area contributed by atoms with E-state index in [1.165, 1.54) is 0 Å². The van der Waals surface area contributed by atoms with Gasteiger partial charge >= 0.3 is 14.7 Å². The maximum absolute atomic E-state index is 15.4. The minimum Gasteiger partial charge on any atom is -0.436 e. The zero-order valence-electron chi connectivity index (χ0n) is 31.9. The first-order valence-electron chi connectivity index (χ1n) is 19.4. The van der Waals surface area contributed by atoms with Crippen LogP contribution in [0.25, 0.3) is 56.2 Å². The molecule has 2 heterocycles. The molecule has 60 heavy (non-hydrogen) atoms. The van der Waals surface area contributed by atoms with E-state index in [1.54, 1.807) is 12.1 Å². The fourth-order valence-electron chi connectivity index (χ4n) is 7.99. The SMILES string of the molecule is O=P1(/C(=C/c2ccc(-c3ccc(/C=C(\c4ccccc4)P4(=O)Oc5ccccc5-c5cc(Cl)ccc54)cc3)cc2)c2ccccc2)Oc2ccccc2-c2cc(Cl)ccc21. The fraction of sp³-hybridized carbons (Fsp3) is 0. The average molecular weight is 856 g/mol. The van der Waals surface area contributed by atoms with E-state index in [9.17, 15) is 0 Å². The van der Waals surface area contributed by atoms with E-state index in [0.29, 0.717) is 42.8 Å². The Hall–Kier alpha value is -6.12. The van der Waals surface area contributed by atoms with Crippen LogP contribution in [0.2, 0.25) is 10.0 Å². The molecule has 4 nitrogen and oxygen atoms in total. The lowest BCUT2D eigenvalue weighted by Gasteiger charge is -2.30. The molecule has 2 aliphatic heterocycles. The number of hydrogen-bond donors (Lipinski definition) is 0. The summed E-state index contributed by atoms with van der Waals surface area (Å²) in [6.07, 6.45) is 3.93. The number of para-hydroxylation sites is 2. The van der Waals surface area contributed by atoms with E-state index >= 15 is 9.13 Å². The zero-order chi connectivity index (χ0) is 40.8. The summed E-state index contributed by atoms with van der Waals surface area (Å²) in [6.45, 7) is 0. The van der Waals surface area contributed by atoms with E-state index in [0.717, 1.165) is 55.6 Å². The van der Waals surface area contributed by atoms with E-state index < -0.39 is 14.7 Å². The molecule has 8 aromatic carbocycles. The molecular weight excluding hydrogens is 821 g/mol. The van der Waals surface area contributed by atoms with Crippen molar-refractivity contribution < 1.29 is 18.2 Å². The molecule has 0 amide bonds. The van der Waals surface area contributed by atoms with Gasteiger partial charge in [0, 0.05) is 32.3 Å². The van der Waals surface area contributed by atoms with Crippen molar-refractivity contribution in [3.05, 3.63) is 226 Å². The third kappa shape index (κ3) is 6.86. The van der Waals surface area contributed by atoms with Crippen LogP contribution in [-0.2, 0) is 9.13 Å². The van der Waals surface area contributed by atoms with E-state index in [4.69, 9.17) is 32.2 Å². The predicted octanol–water partition coefficient (Wildman–Crippen LogP) is 15.0. The smallest absolute Gasteiger partial charge is 0.308 e. The van der Waals surface area contributed by atoms with Crippen molar-refractivity contribution in [1.29, 1.82) is 0 Å². The number of halogens is 2. The molecule has 8 aromatic rings. The van der Waals surface area contributed by atoms with Gasteiger partial charge in [0.05, 0.1) is 21.2 Å². The normalized spacial score (nSPS) is 17.9. The van der Waals surface area contributed by atoms with Crippen LogP contribution >= 0.6 is 37.9 Å². The topological polar surface area (TPSA) is 52.6 Å². The second-order valence-corrected chi connectivity index (χ2v) is 20.0. The molecule has 8 heteroatoms. The quantitative estimate of drug-likeness (QED) is 0.118. The van der Waals surface area contributed by atoms with Gasteiger partial charge < -0.3 is 9.05 Å². The lowest BCUT2D eigenvalue weighted by Crippen LogP contribution is -2.18. The summed E-state index contributed by atoms with van der Waals surface area (Å²) in [6, 6.07) is 62.0. The third-order valence-corrected chi connectivity index (χ3v) is 16.4. The van der Waals surface area contributed by atoms with Crippen molar-refractivity contribution in [1.82, 2.24) is 0 Å². The minimum atomic E-state index is -3.65. The number of benzene rings is 8. The fourth-order valence-corrected chi connectivity index (χ4v) is 13.3. The first-order chi connectivity index (χ1) is 29.3. The summed E-state index contributed by atoms with van der Waals surface area (Å²) >= 11 is 13.0. The molecule has 290 valence electrons. The molecule has 0 aromatic heterocycles. The molecule has 0 spiro atoms. The Bertz CT molecular complexity index is 2890. The van der Waals surface area contributed by atoms with Gasteiger partial charge in [0.25, 0.3) is 0 Å². The summed E-state index contributed by atoms with van der Waals surface area (Å²) < 4.78 is 43.9. The van der Waals surface area contributed by atoms with Crippen molar-refractivity contribution >= 4 is 71.3 Å². The van der Waals surface area contributed by atoms with Crippen molar-refractivity contribution in [3.8, 4) is 44.9 Å². The number of hydrogen-bond acceptors (Lipinski definition) is 4.